The van der Waals surface area contributed by atoms with Crippen LogP contribution in [0.15, 0.2) is 0 Å². The van der Waals surface area contributed by atoms with Crippen LogP contribution in [-0.4, -0.2) is 16.9 Å². The number of unbranched alkanes of at least 4 members (excludes halogenated alkanes) is 3. The van der Waals surface area contributed by atoms with Gasteiger partial charge in [-0.15, -0.1) is 0 Å². The fourth-order valence-electron chi connectivity index (χ4n) is 2.11. The van der Waals surface area contributed by atoms with Gasteiger partial charge in [0, 0.05) is 0 Å². The molecule has 0 aromatic heterocycles. The van der Waals surface area contributed by atoms with Crippen molar-refractivity contribution in [2.24, 2.45) is 11.8 Å². The van der Waals surface area contributed by atoms with Gasteiger partial charge < -0.3 is 10.6 Å². The lowest BCUT2D eigenvalue weighted by Gasteiger charge is -2.26. The normalized spacial score (nSPS) is 18.8. The van der Waals surface area contributed by atoms with Gasteiger partial charge in [0.25, 0.3) is 0 Å². The number of carbonyl (C=O) groups excluding carboxylic acids is 2. The van der Waals surface area contributed by atoms with Crippen molar-refractivity contribution in [3.8, 4) is 0 Å². The monoisotopic (exact) mass is 256 g/mol. The molecular weight excluding hydrogens is 236 g/mol. The van der Waals surface area contributed by atoms with Gasteiger partial charge in [-0.05, 0) is 24.6 Å². The van der Waals surface area contributed by atoms with Gasteiger partial charge in [0.15, 0.2) is 5.11 Å². The van der Waals surface area contributed by atoms with Crippen LogP contribution in [-0.2, 0) is 9.59 Å². The van der Waals surface area contributed by atoms with Crippen LogP contribution < -0.4 is 10.6 Å². The zero-order valence-corrected chi connectivity index (χ0v) is 11.2. The predicted molar refractivity (Wildman–Crippen MR) is 70.3 cm³/mol. The summed E-state index contributed by atoms with van der Waals surface area (Å²) in [6.07, 6.45) is 5.52. The average Bonchev–Trinajstić information content (AvgIpc) is 2.23. The van der Waals surface area contributed by atoms with E-state index >= 15 is 0 Å². The van der Waals surface area contributed by atoms with Crippen LogP contribution in [0.3, 0.4) is 0 Å². The zero-order valence-electron chi connectivity index (χ0n) is 10.4. The zero-order chi connectivity index (χ0) is 12.8. The van der Waals surface area contributed by atoms with Gasteiger partial charge in [-0.3, -0.25) is 9.59 Å². The van der Waals surface area contributed by atoms with Gasteiger partial charge in [-0.1, -0.05) is 39.5 Å². The number of hydrogen-bond acceptors (Lipinski definition) is 3. The molecule has 0 bridgehead atoms. The molecule has 1 fully saturated rings. The first-order valence-electron chi connectivity index (χ1n) is 6.22. The summed E-state index contributed by atoms with van der Waals surface area (Å²) in [7, 11) is 0. The molecule has 1 aliphatic heterocycles. The van der Waals surface area contributed by atoms with E-state index in [4.69, 9.17) is 12.2 Å². The minimum Gasteiger partial charge on any atom is -0.302 e. The van der Waals surface area contributed by atoms with Crippen molar-refractivity contribution in [3.05, 3.63) is 0 Å². The van der Waals surface area contributed by atoms with E-state index in [-0.39, 0.29) is 22.8 Å². The van der Waals surface area contributed by atoms with Gasteiger partial charge in [0.2, 0.25) is 11.8 Å². The molecule has 5 heteroatoms. The fourth-order valence-corrected chi connectivity index (χ4v) is 2.31. The Balaban J connectivity index is 2.44. The second-order valence-corrected chi connectivity index (χ2v) is 5.02. The van der Waals surface area contributed by atoms with Crippen molar-refractivity contribution < 1.29 is 9.59 Å². The van der Waals surface area contributed by atoms with Gasteiger partial charge >= 0.3 is 0 Å². The molecule has 0 spiro atoms. The third-order valence-electron chi connectivity index (χ3n) is 3.12. The van der Waals surface area contributed by atoms with E-state index in [1.54, 1.807) is 0 Å². The highest BCUT2D eigenvalue weighted by molar-refractivity contribution is 7.80. The van der Waals surface area contributed by atoms with Gasteiger partial charge in [0.05, 0.1) is 0 Å². The maximum Gasteiger partial charge on any atom is 0.238 e. The Hall–Kier alpha value is -0.970. The van der Waals surface area contributed by atoms with Crippen molar-refractivity contribution in [2.45, 2.75) is 46.0 Å². The molecule has 1 saturated heterocycles. The quantitative estimate of drug-likeness (QED) is 0.432. The number of hydrogen-bond donors (Lipinski definition) is 2. The molecule has 1 aliphatic rings. The first kappa shape index (κ1) is 14.1. The van der Waals surface area contributed by atoms with Crippen LogP contribution in [0.2, 0.25) is 0 Å². The van der Waals surface area contributed by atoms with Crippen molar-refractivity contribution in [1.82, 2.24) is 10.6 Å². The predicted octanol–water partition coefficient (Wildman–Crippen LogP) is 1.74. The topological polar surface area (TPSA) is 58.2 Å². The van der Waals surface area contributed by atoms with E-state index in [1.165, 1.54) is 12.8 Å². The number of amides is 2. The van der Waals surface area contributed by atoms with Gasteiger partial charge in [-0.25, -0.2) is 0 Å². The number of thiocarbonyl (C=S) groups is 1. The molecule has 1 heterocycles. The Labute approximate surface area is 108 Å². The molecule has 1 atom stereocenters. The molecule has 4 nitrogen and oxygen atoms in total. The lowest BCUT2D eigenvalue weighted by atomic mass is 9.87. The smallest absolute Gasteiger partial charge is 0.238 e. The molecule has 0 aliphatic carbocycles. The second kappa shape index (κ2) is 6.69. The highest BCUT2D eigenvalue weighted by Crippen LogP contribution is 2.21. The molecule has 0 radical (unpaired) electrons. The van der Waals surface area contributed by atoms with Gasteiger partial charge in [0.1, 0.15) is 5.92 Å². The molecule has 0 aromatic carbocycles. The van der Waals surface area contributed by atoms with E-state index in [9.17, 15) is 9.59 Å². The third-order valence-corrected chi connectivity index (χ3v) is 3.32. The molecule has 0 unspecified atom stereocenters. The van der Waals surface area contributed by atoms with Gasteiger partial charge in [-0.2, -0.15) is 0 Å². The summed E-state index contributed by atoms with van der Waals surface area (Å²) in [6, 6.07) is 0. The van der Waals surface area contributed by atoms with E-state index in [1.807, 2.05) is 6.92 Å². The van der Waals surface area contributed by atoms with Crippen LogP contribution in [0.5, 0.6) is 0 Å². The number of nitrogens with one attached hydrogen (secondary N) is 2. The molecule has 0 aromatic rings. The summed E-state index contributed by atoms with van der Waals surface area (Å²) in [5, 5.41) is 5.13. The Morgan fingerprint density at radius 2 is 1.76 bits per heavy atom. The van der Waals surface area contributed by atoms with E-state index < -0.39 is 5.92 Å². The third kappa shape index (κ3) is 4.07. The standard InChI is InChI=1S/C12H20N2O2S/c1-3-4-5-6-7-8(2)9-10(15)13-12(17)14-11(9)16/h8-9H,3-7H2,1-2H3,(H2,13,14,15,16,17)/t8-/m0/s1. The Kier molecular flexibility index (Phi) is 5.55. The summed E-state index contributed by atoms with van der Waals surface area (Å²) in [6.45, 7) is 4.11. The van der Waals surface area contributed by atoms with Crippen molar-refractivity contribution >= 4 is 29.1 Å². The second-order valence-electron chi connectivity index (χ2n) is 4.61. The van der Waals surface area contributed by atoms with Crippen LogP contribution in [0.4, 0.5) is 0 Å². The van der Waals surface area contributed by atoms with Crippen LogP contribution in [0.1, 0.15) is 46.0 Å². The molecule has 17 heavy (non-hydrogen) atoms. The summed E-state index contributed by atoms with van der Waals surface area (Å²) >= 11 is 4.76. The minimum absolute atomic E-state index is 0.0648. The van der Waals surface area contributed by atoms with E-state index in [2.05, 4.69) is 17.6 Å². The Morgan fingerprint density at radius 3 is 2.29 bits per heavy atom. The molecule has 2 amide bonds. The highest BCUT2D eigenvalue weighted by atomic mass is 32.1. The van der Waals surface area contributed by atoms with Crippen LogP contribution in [0, 0.1) is 11.8 Å². The first-order valence-corrected chi connectivity index (χ1v) is 6.62. The molecule has 2 N–H and O–H groups in total. The fraction of sp³-hybridized carbons (Fsp3) is 0.750. The largest absolute Gasteiger partial charge is 0.302 e. The molecule has 1 rings (SSSR count). The average molecular weight is 256 g/mol. The van der Waals surface area contributed by atoms with Crippen molar-refractivity contribution in [2.75, 3.05) is 0 Å². The number of carbonyl (C=O) groups is 2. The lowest BCUT2D eigenvalue weighted by Crippen LogP contribution is -2.57. The van der Waals surface area contributed by atoms with E-state index in [0.29, 0.717) is 0 Å². The molecule has 0 saturated carbocycles. The number of rotatable bonds is 6. The maximum atomic E-state index is 11.7. The Bertz CT molecular complexity index is 298. The summed E-state index contributed by atoms with van der Waals surface area (Å²) < 4.78 is 0. The van der Waals surface area contributed by atoms with Crippen LogP contribution >= 0.6 is 12.2 Å². The molecular formula is C12H20N2O2S. The molecule has 96 valence electrons. The SMILES string of the molecule is CCCCCC[C@H](C)C1C(=O)NC(=S)NC1=O. The van der Waals surface area contributed by atoms with Crippen LogP contribution in [0.25, 0.3) is 0 Å². The first-order chi connectivity index (χ1) is 8.06. The summed E-state index contributed by atoms with van der Waals surface area (Å²) in [4.78, 5) is 23.4. The van der Waals surface area contributed by atoms with E-state index in [0.717, 1.165) is 19.3 Å². The summed E-state index contributed by atoms with van der Waals surface area (Å²) in [5.41, 5.74) is 0. The maximum absolute atomic E-state index is 11.7. The van der Waals surface area contributed by atoms with Crippen molar-refractivity contribution in [1.29, 1.82) is 0 Å². The minimum atomic E-state index is -0.594. The lowest BCUT2D eigenvalue weighted by molar-refractivity contribution is -0.137. The highest BCUT2D eigenvalue weighted by Gasteiger charge is 2.36. The van der Waals surface area contributed by atoms with Crippen molar-refractivity contribution in [3.63, 3.8) is 0 Å². The Morgan fingerprint density at radius 1 is 1.18 bits per heavy atom. The summed E-state index contributed by atoms with van der Waals surface area (Å²) in [5.74, 6) is -1.05.